The Labute approximate surface area is 143 Å². The zero-order valence-corrected chi connectivity index (χ0v) is 14.2. The zero-order chi connectivity index (χ0) is 16.7. The molecule has 1 N–H and O–H groups in total. The molecule has 0 spiro atoms. The van der Waals surface area contributed by atoms with E-state index >= 15 is 0 Å². The van der Waals surface area contributed by atoms with Gasteiger partial charge in [0.2, 0.25) is 0 Å². The van der Waals surface area contributed by atoms with E-state index in [1.165, 1.54) is 16.9 Å². The number of hydrogen-bond donors (Lipinski definition) is 1. The van der Waals surface area contributed by atoms with Gasteiger partial charge in [0.1, 0.15) is 5.82 Å². The second-order valence-electron chi connectivity index (χ2n) is 6.10. The molecule has 0 aliphatic heterocycles. The van der Waals surface area contributed by atoms with Crippen molar-refractivity contribution in [1.82, 2.24) is 14.9 Å². The fourth-order valence-electron chi connectivity index (χ4n) is 3.13. The summed E-state index contributed by atoms with van der Waals surface area (Å²) in [6.45, 7) is 0.279. The summed E-state index contributed by atoms with van der Waals surface area (Å²) in [5.74, 6) is 0.476. The zero-order valence-electron chi connectivity index (χ0n) is 13.3. The molecule has 2 aromatic heterocycles. The Morgan fingerprint density at radius 2 is 2.17 bits per heavy atom. The average molecular weight is 339 g/mol. The summed E-state index contributed by atoms with van der Waals surface area (Å²) >= 11 is 1.59. The Kier molecular flexibility index (Phi) is 3.69. The van der Waals surface area contributed by atoms with Gasteiger partial charge < -0.3 is 9.88 Å². The van der Waals surface area contributed by atoms with Crippen molar-refractivity contribution in [2.24, 2.45) is 0 Å². The molecule has 6 heteroatoms. The largest absolute Gasteiger partial charge is 0.334 e. The molecule has 1 aromatic carbocycles. The molecule has 4 rings (SSSR count). The lowest BCUT2D eigenvalue weighted by atomic mass is 10.2. The lowest BCUT2D eigenvalue weighted by Gasteiger charge is -2.15. The van der Waals surface area contributed by atoms with Gasteiger partial charge in [0, 0.05) is 11.9 Å². The molecular weight excluding hydrogens is 322 g/mol. The SMILES string of the molecule is CN(Cc1nc2ccccc2c(=O)[nH]1)C(=O)c1cc2c(s1)CCC2. The van der Waals surface area contributed by atoms with Gasteiger partial charge in [-0.2, -0.15) is 0 Å². The molecule has 0 saturated heterocycles. The molecule has 0 unspecified atom stereocenters. The number of nitrogens with one attached hydrogen (secondary N) is 1. The third kappa shape index (κ3) is 2.63. The maximum atomic E-state index is 12.6. The van der Waals surface area contributed by atoms with Crippen LogP contribution in [0.2, 0.25) is 0 Å². The summed E-state index contributed by atoms with van der Waals surface area (Å²) < 4.78 is 0. The van der Waals surface area contributed by atoms with E-state index in [0.717, 1.165) is 17.7 Å². The number of aromatic amines is 1. The number of aryl methyl sites for hydroxylation is 2. The number of hydrogen-bond acceptors (Lipinski definition) is 4. The molecule has 0 fully saturated rings. The predicted molar refractivity (Wildman–Crippen MR) is 94.5 cm³/mol. The number of para-hydroxylation sites is 1. The van der Waals surface area contributed by atoms with Gasteiger partial charge in [0.05, 0.1) is 22.3 Å². The van der Waals surface area contributed by atoms with Crippen LogP contribution in [0.1, 0.15) is 32.4 Å². The Hall–Kier alpha value is -2.47. The minimum atomic E-state index is -0.174. The van der Waals surface area contributed by atoms with Gasteiger partial charge in [-0.05, 0) is 43.0 Å². The summed E-state index contributed by atoms with van der Waals surface area (Å²) in [5, 5.41) is 0.560. The molecule has 5 nitrogen and oxygen atoms in total. The number of amides is 1. The van der Waals surface area contributed by atoms with Crippen LogP contribution in [-0.2, 0) is 19.4 Å². The number of thiophene rings is 1. The highest BCUT2D eigenvalue weighted by molar-refractivity contribution is 7.14. The van der Waals surface area contributed by atoms with Crippen molar-refractivity contribution in [3.63, 3.8) is 0 Å². The van der Waals surface area contributed by atoms with E-state index in [4.69, 9.17) is 0 Å². The Balaban J connectivity index is 1.58. The first kappa shape index (κ1) is 15.1. The molecule has 24 heavy (non-hydrogen) atoms. The van der Waals surface area contributed by atoms with E-state index in [9.17, 15) is 9.59 Å². The van der Waals surface area contributed by atoms with E-state index in [1.807, 2.05) is 18.2 Å². The van der Waals surface area contributed by atoms with Crippen molar-refractivity contribution in [2.75, 3.05) is 7.05 Å². The van der Waals surface area contributed by atoms with Crippen molar-refractivity contribution in [1.29, 1.82) is 0 Å². The fourth-order valence-corrected chi connectivity index (χ4v) is 4.38. The molecule has 122 valence electrons. The van der Waals surface area contributed by atoms with Crippen LogP contribution in [0, 0.1) is 0 Å². The van der Waals surface area contributed by atoms with Crippen molar-refractivity contribution in [2.45, 2.75) is 25.8 Å². The molecular formula is C18H17N3O2S. The van der Waals surface area contributed by atoms with Crippen LogP contribution in [0.25, 0.3) is 10.9 Å². The Morgan fingerprint density at radius 1 is 1.33 bits per heavy atom. The standard InChI is InChI=1S/C18H17N3O2S/c1-21(18(23)15-9-11-5-4-8-14(11)24-15)10-16-19-13-7-3-2-6-12(13)17(22)20-16/h2-3,6-7,9H,4-5,8,10H2,1H3,(H,19,20,22). The van der Waals surface area contributed by atoms with Crippen molar-refractivity contribution in [3.05, 3.63) is 61.8 Å². The number of benzene rings is 1. The van der Waals surface area contributed by atoms with E-state index in [0.29, 0.717) is 16.7 Å². The first-order valence-corrected chi connectivity index (χ1v) is 8.78. The van der Waals surface area contributed by atoms with E-state index < -0.39 is 0 Å². The van der Waals surface area contributed by atoms with E-state index in [1.54, 1.807) is 35.4 Å². The van der Waals surface area contributed by atoms with Gasteiger partial charge in [0.25, 0.3) is 11.5 Å². The first-order chi connectivity index (χ1) is 11.6. The first-order valence-electron chi connectivity index (χ1n) is 7.97. The van der Waals surface area contributed by atoms with Gasteiger partial charge in [-0.25, -0.2) is 4.98 Å². The number of rotatable bonds is 3. The van der Waals surface area contributed by atoms with Gasteiger partial charge in [-0.15, -0.1) is 11.3 Å². The molecule has 1 amide bonds. The van der Waals surface area contributed by atoms with Crippen molar-refractivity contribution in [3.8, 4) is 0 Å². The summed E-state index contributed by atoms with van der Waals surface area (Å²) in [4.78, 5) is 35.7. The lowest BCUT2D eigenvalue weighted by molar-refractivity contribution is 0.0786. The second kappa shape index (κ2) is 5.87. The number of carbonyl (C=O) groups excluding carboxylic acids is 1. The van der Waals surface area contributed by atoms with Gasteiger partial charge in [-0.3, -0.25) is 9.59 Å². The van der Waals surface area contributed by atoms with Gasteiger partial charge in [-0.1, -0.05) is 12.1 Å². The molecule has 0 atom stereocenters. The number of aromatic nitrogens is 2. The molecule has 2 heterocycles. The highest BCUT2D eigenvalue weighted by atomic mass is 32.1. The number of H-pyrrole nitrogens is 1. The number of carbonyl (C=O) groups is 1. The quantitative estimate of drug-likeness (QED) is 0.798. The van der Waals surface area contributed by atoms with E-state index in [-0.39, 0.29) is 18.0 Å². The third-order valence-electron chi connectivity index (χ3n) is 4.35. The maximum absolute atomic E-state index is 12.6. The minimum Gasteiger partial charge on any atom is -0.334 e. The lowest BCUT2D eigenvalue weighted by Crippen LogP contribution is -2.27. The van der Waals surface area contributed by atoms with Crippen LogP contribution >= 0.6 is 11.3 Å². The molecule has 0 radical (unpaired) electrons. The summed E-state index contributed by atoms with van der Waals surface area (Å²) in [6, 6.07) is 9.22. The average Bonchev–Trinajstić information content (AvgIpc) is 3.15. The van der Waals surface area contributed by atoms with Crippen LogP contribution in [0.15, 0.2) is 35.1 Å². The van der Waals surface area contributed by atoms with Gasteiger partial charge >= 0.3 is 0 Å². The summed E-state index contributed by atoms with van der Waals surface area (Å²) in [7, 11) is 1.74. The van der Waals surface area contributed by atoms with Crippen LogP contribution in [0.5, 0.6) is 0 Å². The fraction of sp³-hybridized carbons (Fsp3) is 0.278. The van der Waals surface area contributed by atoms with Crippen LogP contribution < -0.4 is 5.56 Å². The molecule has 0 saturated carbocycles. The smallest absolute Gasteiger partial charge is 0.264 e. The number of nitrogens with zero attached hydrogens (tertiary/aromatic N) is 2. The predicted octanol–water partition coefficient (Wildman–Crippen LogP) is 2.75. The van der Waals surface area contributed by atoms with Gasteiger partial charge in [0.15, 0.2) is 0 Å². The molecule has 0 bridgehead atoms. The summed E-state index contributed by atoms with van der Waals surface area (Å²) in [5.41, 5.74) is 1.78. The summed E-state index contributed by atoms with van der Waals surface area (Å²) in [6.07, 6.45) is 3.34. The topological polar surface area (TPSA) is 66.1 Å². The normalized spacial score (nSPS) is 13.2. The van der Waals surface area contributed by atoms with Crippen LogP contribution in [0.3, 0.4) is 0 Å². The van der Waals surface area contributed by atoms with Crippen LogP contribution in [0.4, 0.5) is 0 Å². The highest BCUT2D eigenvalue weighted by Crippen LogP contribution is 2.31. The Morgan fingerprint density at radius 3 is 3.00 bits per heavy atom. The molecule has 3 aromatic rings. The maximum Gasteiger partial charge on any atom is 0.264 e. The Bertz CT molecular complexity index is 968. The minimum absolute atomic E-state index is 0.0230. The monoisotopic (exact) mass is 339 g/mol. The second-order valence-corrected chi connectivity index (χ2v) is 7.24. The van der Waals surface area contributed by atoms with E-state index in [2.05, 4.69) is 9.97 Å². The third-order valence-corrected chi connectivity index (χ3v) is 5.58. The highest BCUT2D eigenvalue weighted by Gasteiger charge is 2.21. The van der Waals surface area contributed by atoms with Crippen molar-refractivity contribution >= 4 is 28.1 Å². The molecule has 1 aliphatic carbocycles. The van der Waals surface area contributed by atoms with Crippen molar-refractivity contribution < 1.29 is 4.79 Å². The molecule has 1 aliphatic rings. The number of fused-ring (bicyclic) bond motifs is 2. The van der Waals surface area contributed by atoms with Crippen LogP contribution in [-0.4, -0.2) is 27.8 Å².